The fourth-order valence-electron chi connectivity index (χ4n) is 13.1. The highest BCUT2D eigenvalue weighted by atomic mass is 16.5. The molecule has 4 aliphatic carbocycles. The lowest BCUT2D eigenvalue weighted by Crippen LogP contribution is -2.62. The van der Waals surface area contributed by atoms with Crippen LogP contribution >= 0.6 is 0 Å². The molecule has 5 saturated heterocycles. The lowest BCUT2D eigenvalue weighted by Gasteiger charge is -2.39. The van der Waals surface area contributed by atoms with E-state index in [4.69, 9.17) is 4.74 Å². The Balaban J connectivity index is 0.960. The van der Waals surface area contributed by atoms with Gasteiger partial charge in [-0.15, -0.1) is 0 Å². The third-order valence-electron chi connectivity index (χ3n) is 15.5. The molecule has 4 saturated carbocycles. The van der Waals surface area contributed by atoms with Gasteiger partial charge in [0.05, 0.1) is 68.6 Å². The maximum absolute atomic E-state index is 9.55. The molecular formula is C40H64N8O2. The maximum atomic E-state index is 9.55. The van der Waals surface area contributed by atoms with E-state index in [0.717, 1.165) is 12.0 Å². The van der Waals surface area contributed by atoms with Crippen LogP contribution in [0.1, 0.15) is 107 Å². The summed E-state index contributed by atoms with van der Waals surface area (Å²) < 4.78 is 6.91. The molecule has 17 unspecified atom stereocenters. The van der Waals surface area contributed by atoms with Crippen molar-refractivity contribution in [3.63, 3.8) is 0 Å². The molecule has 10 rings (SSSR count). The molecule has 17 atom stereocenters. The molecule has 10 nitrogen and oxygen atoms in total. The van der Waals surface area contributed by atoms with Gasteiger partial charge in [0.1, 0.15) is 0 Å². The number of benzene rings is 1. The second-order valence-corrected chi connectivity index (χ2v) is 18.0. The smallest absolute Gasteiger partial charge is 0.0720 e. The molecule has 5 heterocycles. The molecule has 0 radical (unpaired) electrons. The molecule has 9 aliphatic rings. The van der Waals surface area contributed by atoms with Crippen LogP contribution in [-0.4, -0.2) is 60.5 Å². The maximum Gasteiger partial charge on any atom is 0.0720 e. The summed E-state index contributed by atoms with van der Waals surface area (Å²) in [5.74, 6) is 4.99. The van der Waals surface area contributed by atoms with Crippen molar-refractivity contribution in [1.82, 2.24) is 42.5 Å². The number of fused-ring (bicyclic) bond motifs is 20. The Morgan fingerprint density at radius 3 is 1.16 bits per heavy atom. The van der Waals surface area contributed by atoms with Crippen molar-refractivity contribution < 1.29 is 9.84 Å². The Kier molecular flexibility index (Phi) is 9.51. The summed E-state index contributed by atoms with van der Waals surface area (Å²) in [6, 6.07) is 8.31. The first-order valence-electron chi connectivity index (χ1n) is 21.1. The minimum absolute atomic E-state index is 0.0848. The van der Waals surface area contributed by atoms with Crippen LogP contribution in [0.5, 0.6) is 0 Å². The van der Waals surface area contributed by atoms with Crippen LogP contribution < -0.4 is 42.5 Å². The summed E-state index contributed by atoms with van der Waals surface area (Å²) in [5, 5.41) is 43.5. The van der Waals surface area contributed by atoms with Gasteiger partial charge in [0.2, 0.25) is 0 Å². The minimum atomic E-state index is 0.0848. The third-order valence-corrected chi connectivity index (χ3v) is 15.5. The summed E-state index contributed by atoms with van der Waals surface area (Å²) in [5.41, 5.74) is 2.15. The van der Waals surface area contributed by atoms with E-state index in [9.17, 15) is 5.11 Å². The highest BCUT2D eigenvalue weighted by molar-refractivity contribution is 5.21. The zero-order valence-electron chi connectivity index (χ0n) is 30.0. The molecule has 8 bridgehead atoms. The molecule has 9 N–H and O–H groups in total. The highest BCUT2D eigenvalue weighted by Gasteiger charge is 2.55. The first-order valence-corrected chi connectivity index (χ1v) is 21.1. The van der Waals surface area contributed by atoms with E-state index in [1.807, 2.05) is 12.1 Å². The number of ether oxygens (including phenoxy) is 1. The molecular weight excluding hydrogens is 624 g/mol. The fraction of sp³-hybridized carbons (Fsp3) is 0.850. The van der Waals surface area contributed by atoms with E-state index in [2.05, 4.69) is 54.7 Å². The van der Waals surface area contributed by atoms with E-state index < -0.39 is 0 Å². The summed E-state index contributed by atoms with van der Waals surface area (Å²) in [6.07, 6.45) is 22.4. The number of aliphatic hydroxyl groups is 1. The molecule has 5 aliphatic heterocycles. The summed E-state index contributed by atoms with van der Waals surface area (Å²) in [7, 11) is 0. The quantitative estimate of drug-likeness (QED) is 0.233. The Labute approximate surface area is 299 Å². The fourth-order valence-corrected chi connectivity index (χ4v) is 13.1. The largest absolute Gasteiger partial charge is 0.392 e. The van der Waals surface area contributed by atoms with E-state index >= 15 is 0 Å². The van der Waals surface area contributed by atoms with Crippen molar-refractivity contribution >= 4 is 0 Å². The average molecular weight is 689 g/mol. The van der Waals surface area contributed by atoms with Crippen LogP contribution in [0.2, 0.25) is 0 Å². The molecule has 0 aromatic heterocycles. The van der Waals surface area contributed by atoms with Gasteiger partial charge in [-0.1, -0.05) is 69.2 Å². The highest BCUT2D eigenvalue weighted by Crippen LogP contribution is 2.46. The molecule has 50 heavy (non-hydrogen) atoms. The van der Waals surface area contributed by atoms with E-state index in [1.165, 1.54) is 95.5 Å². The van der Waals surface area contributed by atoms with E-state index in [0.29, 0.717) is 90.9 Å². The van der Waals surface area contributed by atoms with Crippen LogP contribution in [0, 0.1) is 47.3 Å². The van der Waals surface area contributed by atoms with Gasteiger partial charge in [0, 0.05) is 5.92 Å². The van der Waals surface area contributed by atoms with Crippen molar-refractivity contribution in [2.24, 2.45) is 47.3 Å². The Hall–Kier alpha value is -1.18. The molecule has 0 spiro atoms. The first-order chi connectivity index (χ1) is 24.7. The van der Waals surface area contributed by atoms with Gasteiger partial charge in [-0.25, -0.2) is 0 Å². The van der Waals surface area contributed by atoms with Crippen LogP contribution in [0.4, 0.5) is 0 Å². The predicted molar refractivity (Wildman–Crippen MR) is 194 cm³/mol. The minimum Gasteiger partial charge on any atom is -0.392 e. The SMILES string of the molecule is OCc1ccc(COC2CCCC3C4NC5NC(NC6NC(NC7NC(NC(N4)C23)C2CCCCC72)C2CCCCC62)C2CCCCC52)cc1. The average Bonchev–Trinajstić information content (AvgIpc) is 3.90. The molecule has 276 valence electrons. The predicted octanol–water partition coefficient (Wildman–Crippen LogP) is 3.29. The van der Waals surface area contributed by atoms with E-state index in [1.54, 1.807) is 0 Å². The lowest BCUT2D eigenvalue weighted by atomic mass is 9.75. The number of hydrogen-bond acceptors (Lipinski definition) is 10. The number of rotatable bonds is 4. The number of aliphatic hydroxyl groups excluding tert-OH is 1. The normalized spacial score (nSPS) is 49.9. The van der Waals surface area contributed by atoms with Crippen molar-refractivity contribution in [1.29, 1.82) is 0 Å². The van der Waals surface area contributed by atoms with E-state index in [-0.39, 0.29) is 25.0 Å². The summed E-state index contributed by atoms with van der Waals surface area (Å²) in [4.78, 5) is 0. The number of nitrogens with one attached hydrogen (secondary N) is 8. The Bertz CT molecular complexity index is 1320. The first kappa shape index (κ1) is 33.4. The molecule has 9 fully saturated rings. The van der Waals surface area contributed by atoms with Crippen molar-refractivity contribution in [2.75, 3.05) is 0 Å². The lowest BCUT2D eigenvalue weighted by molar-refractivity contribution is -0.0462. The van der Waals surface area contributed by atoms with Crippen LogP contribution in [0.25, 0.3) is 0 Å². The van der Waals surface area contributed by atoms with Gasteiger partial charge >= 0.3 is 0 Å². The van der Waals surface area contributed by atoms with Gasteiger partial charge in [-0.2, -0.15) is 0 Å². The van der Waals surface area contributed by atoms with Crippen molar-refractivity contribution in [2.45, 2.75) is 165 Å². The van der Waals surface area contributed by atoms with Crippen LogP contribution in [0.15, 0.2) is 24.3 Å². The monoisotopic (exact) mass is 689 g/mol. The zero-order valence-corrected chi connectivity index (χ0v) is 30.0. The number of hydrogen-bond donors (Lipinski definition) is 9. The molecule has 0 amide bonds. The Morgan fingerprint density at radius 2 is 0.760 bits per heavy atom. The zero-order chi connectivity index (χ0) is 33.2. The second-order valence-electron chi connectivity index (χ2n) is 18.0. The van der Waals surface area contributed by atoms with Gasteiger partial charge < -0.3 is 9.84 Å². The standard InChI is InChI=1S/C40H64N8O2/c49-20-22-16-18-23(19-17-22)21-50-31-15-7-14-30-32(31)40-47-38-29-13-6-5-12-28(29)36(45-38)43-34-25-9-2-1-8-24(25)33(41-34)42-35-26-10-3-4-11-27(26)37(44-35)46-39(30)48-40/h16-19,24-49H,1-15,20-21H2. The van der Waals surface area contributed by atoms with Gasteiger partial charge in [0.25, 0.3) is 0 Å². The van der Waals surface area contributed by atoms with Gasteiger partial charge in [-0.3, -0.25) is 42.5 Å². The molecule has 10 heteroatoms. The van der Waals surface area contributed by atoms with Crippen molar-refractivity contribution in [3.8, 4) is 0 Å². The second kappa shape index (κ2) is 14.2. The van der Waals surface area contributed by atoms with Gasteiger partial charge in [-0.05, 0) is 104 Å². The Morgan fingerprint density at radius 1 is 0.420 bits per heavy atom. The molecule has 1 aromatic carbocycles. The van der Waals surface area contributed by atoms with Gasteiger partial charge in [0.15, 0.2) is 0 Å². The van der Waals surface area contributed by atoms with Crippen molar-refractivity contribution in [3.05, 3.63) is 35.4 Å². The third kappa shape index (κ3) is 6.11. The summed E-state index contributed by atoms with van der Waals surface area (Å²) in [6.45, 7) is 0.712. The molecule has 1 aromatic rings. The van der Waals surface area contributed by atoms with Crippen LogP contribution in [-0.2, 0) is 18.0 Å². The van der Waals surface area contributed by atoms with Crippen LogP contribution in [0.3, 0.4) is 0 Å². The topological polar surface area (TPSA) is 126 Å². The summed E-state index contributed by atoms with van der Waals surface area (Å²) >= 11 is 0.